The number of aromatic nitrogens is 3. The second kappa shape index (κ2) is 10.8. The number of aryl methyl sites for hydroxylation is 1. The zero-order valence-corrected chi connectivity index (χ0v) is 21.6. The molecular formula is C29H22F2N4O5. The first-order chi connectivity index (χ1) is 19.3. The van der Waals surface area contributed by atoms with E-state index in [4.69, 9.17) is 14.2 Å². The molecule has 9 nitrogen and oxygen atoms in total. The molecule has 0 aliphatic carbocycles. The summed E-state index contributed by atoms with van der Waals surface area (Å²) in [7, 11) is 4.54. The molecule has 0 aliphatic rings. The third kappa shape index (κ3) is 5.17. The summed E-state index contributed by atoms with van der Waals surface area (Å²) in [5.41, 5.74) is 0.563. The fourth-order valence-corrected chi connectivity index (χ4v) is 4.10. The lowest BCUT2D eigenvalue weighted by Gasteiger charge is -2.13. The van der Waals surface area contributed by atoms with Crippen molar-refractivity contribution in [1.29, 1.82) is 0 Å². The molecule has 202 valence electrons. The van der Waals surface area contributed by atoms with Crippen LogP contribution in [0.5, 0.6) is 23.1 Å². The van der Waals surface area contributed by atoms with Crippen LogP contribution in [-0.2, 0) is 7.05 Å². The van der Waals surface area contributed by atoms with E-state index in [0.717, 1.165) is 6.07 Å². The SMILES string of the molecule is COc1cc2nccc(Oc3ccc(NC(=O)c4cn(C)cc(-c5cccc(F)c5)c4=O)cc3F)c2nc1OC. The van der Waals surface area contributed by atoms with Crippen LogP contribution in [0.4, 0.5) is 14.5 Å². The monoisotopic (exact) mass is 544 g/mol. The summed E-state index contributed by atoms with van der Waals surface area (Å²) >= 11 is 0. The van der Waals surface area contributed by atoms with Crippen molar-refractivity contribution in [1.82, 2.24) is 14.5 Å². The number of nitrogens with one attached hydrogen (secondary N) is 1. The van der Waals surface area contributed by atoms with Gasteiger partial charge < -0.3 is 24.1 Å². The zero-order valence-electron chi connectivity index (χ0n) is 21.6. The van der Waals surface area contributed by atoms with Crippen LogP contribution < -0.4 is 25.0 Å². The van der Waals surface area contributed by atoms with E-state index in [1.54, 1.807) is 19.2 Å². The Morgan fingerprint density at radius 1 is 0.950 bits per heavy atom. The third-order valence-corrected chi connectivity index (χ3v) is 5.97. The summed E-state index contributed by atoms with van der Waals surface area (Å²) in [6.07, 6.45) is 4.33. The predicted molar refractivity (Wildman–Crippen MR) is 144 cm³/mol. The molecule has 0 unspecified atom stereocenters. The average Bonchev–Trinajstić information content (AvgIpc) is 2.94. The summed E-state index contributed by atoms with van der Waals surface area (Å²) in [6.45, 7) is 0. The quantitative estimate of drug-likeness (QED) is 0.295. The van der Waals surface area contributed by atoms with Gasteiger partial charge in [-0.15, -0.1) is 0 Å². The Hall–Kier alpha value is -5.32. The Kier molecular flexibility index (Phi) is 7.11. The van der Waals surface area contributed by atoms with Gasteiger partial charge in [-0.1, -0.05) is 12.1 Å². The number of pyridine rings is 3. The van der Waals surface area contributed by atoms with Gasteiger partial charge in [0.15, 0.2) is 23.1 Å². The number of fused-ring (bicyclic) bond motifs is 1. The van der Waals surface area contributed by atoms with Crippen LogP contribution in [0.25, 0.3) is 22.2 Å². The topological polar surface area (TPSA) is 105 Å². The molecule has 0 radical (unpaired) electrons. The fourth-order valence-electron chi connectivity index (χ4n) is 4.10. The van der Waals surface area contributed by atoms with Gasteiger partial charge in [-0.05, 0) is 29.8 Å². The van der Waals surface area contributed by atoms with E-state index < -0.39 is 23.0 Å². The minimum Gasteiger partial charge on any atom is -0.491 e. The van der Waals surface area contributed by atoms with Crippen LogP contribution >= 0.6 is 0 Å². The Bertz CT molecular complexity index is 1820. The molecule has 3 aromatic heterocycles. The van der Waals surface area contributed by atoms with Crippen LogP contribution in [0.3, 0.4) is 0 Å². The molecule has 0 aliphatic heterocycles. The first-order valence-electron chi connectivity index (χ1n) is 11.9. The van der Waals surface area contributed by atoms with Gasteiger partial charge in [-0.3, -0.25) is 14.6 Å². The summed E-state index contributed by atoms with van der Waals surface area (Å²) in [5.74, 6) is -1.37. The second-order valence-corrected chi connectivity index (χ2v) is 8.67. The van der Waals surface area contributed by atoms with E-state index in [1.165, 1.54) is 73.8 Å². The van der Waals surface area contributed by atoms with E-state index in [9.17, 15) is 14.0 Å². The number of halogens is 2. The van der Waals surface area contributed by atoms with Gasteiger partial charge in [0.05, 0.1) is 19.7 Å². The van der Waals surface area contributed by atoms with Crippen molar-refractivity contribution in [3.05, 3.63) is 101 Å². The number of anilines is 1. The summed E-state index contributed by atoms with van der Waals surface area (Å²) in [5, 5.41) is 2.53. The molecule has 0 atom stereocenters. The summed E-state index contributed by atoms with van der Waals surface area (Å²) < 4.78 is 46.6. The van der Waals surface area contributed by atoms with Gasteiger partial charge in [0, 0.05) is 55.1 Å². The molecule has 0 saturated carbocycles. The van der Waals surface area contributed by atoms with E-state index in [2.05, 4.69) is 15.3 Å². The number of benzene rings is 2. The van der Waals surface area contributed by atoms with Gasteiger partial charge in [-0.2, -0.15) is 0 Å². The highest BCUT2D eigenvalue weighted by Gasteiger charge is 2.18. The highest BCUT2D eigenvalue weighted by atomic mass is 19.1. The van der Waals surface area contributed by atoms with Gasteiger partial charge in [0.1, 0.15) is 16.9 Å². The number of carbonyl (C=O) groups is 1. The molecule has 1 N–H and O–H groups in total. The molecule has 0 bridgehead atoms. The van der Waals surface area contributed by atoms with E-state index >= 15 is 4.39 Å². The predicted octanol–water partition coefficient (Wildman–Crippen LogP) is 5.34. The lowest BCUT2D eigenvalue weighted by Crippen LogP contribution is -2.24. The molecule has 0 saturated heterocycles. The number of nitrogens with zero attached hydrogens (tertiary/aromatic N) is 3. The van der Waals surface area contributed by atoms with Crippen LogP contribution in [-0.4, -0.2) is 34.7 Å². The fraction of sp³-hybridized carbons (Fsp3) is 0.103. The molecule has 5 rings (SSSR count). The number of methoxy groups -OCH3 is 2. The standard InChI is InChI=1S/C29H22F2N4O5/c1-35-14-19(16-5-4-6-17(30)11-16)27(36)20(15-35)28(37)33-18-7-8-23(21(31)12-18)40-24-9-10-32-22-13-25(38-2)29(39-3)34-26(22)24/h4-15H,1-3H3,(H,33,37). The van der Waals surface area contributed by atoms with Crippen LogP contribution in [0.2, 0.25) is 0 Å². The van der Waals surface area contributed by atoms with Crippen molar-refractivity contribution < 1.29 is 27.8 Å². The lowest BCUT2D eigenvalue weighted by molar-refractivity contribution is 0.102. The van der Waals surface area contributed by atoms with Crippen molar-refractivity contribution in [3.63, 3.8) is 0 Å². The number of amides is 1. The second-order valence-electron chi connectivity index (χ2n) is 8.67. The molecule has 0 fully saturated rings. The summed E-state index contributed by atoms with van der Waals surface area (Å²) in [4.78, 5) is 34.7. The maximum absolute atomic E-state index is 15.1. The number of hydrogen-bond acceptors (Lipinski definition) is 7. The van der Waals surface area contributed by atoms with Crippen LogP contribution in [0, 0.1) is 11.6 Å². The molecule has 2 aromatic carbocycles. The number of ether oxygens (including phenoxy) is 3. The van der Waals surface area contributed by atoms with Crippen molar-refractivity contribution in [2.24, 2.45) is 7.05 Å². The number of hydrogen-bond donors (Lipinski definition) is 1. The molecule has 40 heavy (non-hydrogen) atoms. The van der Waals surface area contributed by atoms with Crippen molar-refractivity contribution in [3.8, 4) is 34.3 Å². The van der Waals surface area contributed by atoms with Gasteiger partial charge in [-0.25, -0.2) is 13.8 Å². The normalized spacial score (nSPS) is 10.8. The Labute approximate surface area is 226 Å². The van der Waals surface area contributed by atoms with E-state index in [0.29, 0.717) is 22.3 Å². The van der Waals surface area contributed by atoms with E-state index in [-0.39, 0.29) is 34.2 Å². The third-order valence-electron chi connectivity index (χ3n) is 5.97. The highest BCUT2D eigenvalue weighted by Crippen LogP contribution is 2.35. The Balaban J connectivity index is 1.41. The maximum atomic E-state index is 15.1. The zero-order chi connectivity index (χ0) is 28.4. The average molecular weight is 545 g/mol. The minimum atomic E-state index is -0.773. The van der Waals surface area contributed by atoms with E-state index in [1.807, 2.05) is 0 Å². The summed E-state index contributed by atoms with van der Waals surface area (Å²) in [6, 6.07) is 12.5. The van der Waals surface area contributed by atoms with Gasteiger partial charge in [0.25, 0.3) is 11.8 Å². The van der Waals surface area contributed by atoms with Crippen molar-refractivity contribution in [2.45, 2.75) is 0 Å². The molecule has 1 amide bonds. The van der Waals surface area contributed by atoms with Gasteiger partial charge in [0.2, 0.25) is 5.43 Å². The van der Waals surface area contributed by atoms with Gasteiger partial charge >= 0.3 is 0 Å². The Morgan fingerprint density at radius 2 is 1.77 bits per heavy atom. The molecule has 5 aromatic rings. The molecule has 0 spiro atoms. The maximum Gasteiger partial charge on any atom is 0.261 e. The first kappa shape index (κ1) is 26.3. The van der Waals surface area contributed by atoms with Crippen molar-refractivity contribution >= 4 is 22.6 Å². The van der Waals surface area contributed by atoms with Crippen LogP contribution in [0.15, 0.2) is 78.0 Å². The molecule has 11 heteroatoms. The first-order valence-corrected chi connectivity index (χ1v) is 11.9. The minimum absolute atomic E-state index is 0.0946. The lowest BCUT2D eigenvalue weighted by atomic mass is 10.0. The van der Waals surface area contributed by atoms with Crippen molar-refractivity contribution in [2.75, 3.05) is 19.5 Å². The smallest absolute Gasteiger partial charge is 0.261 e. The molecule has 3 heterocycles. The Morgan fingerprint density at radius 3 is 2.50 bits per heavy atom. The largest absolute Gasteiger partial charge is 0.491 e. The van der Waals surface area contributed by atoms with Crippen LogP contribution in [0.1, 0.15) is 10.4 Å². The highest BCUT2D eigenvalue weighted by molar-refractivity contribution is 6.04. The number of rotatable bonds is 7. The molecular weight excluding hydrogens is 522 g/mol. The number of carbonyl (C=O) groups excluding carboxylic acids is 1.